The SMILES string of the molecule is COc1cc(N)c(OC(C(F)(F)F)C(F)(F)F)cc1OC. The third-order valence-corrected chi connectivity index (χ3v) is 2.36. The van der Waals surface area contributed by atoms with Gasteiger partial charge in [0.15, 0.2) is 11.5 Å². The van der Waals surface area contributed by atoms with Crippen LogP contribution >= 0.6 is 0 Å². The van der Waals surface area contributed by atoms with Gasteiger partial charge < -0.3 is 19.9 Å². The third kappa shape index (κ3) is 3.99. The largest absolute Gasteiger partial charge is 0.493 e. The Hall–Kier alpha value is -2.00. The van der Waals surface area contributed by atoms with Crippen LogP contribution in [0, 0.1) is 0 Å². The zero-order chi connectivity index (χ0) is 16.4. The van der Waals surface area contributed by atoms with Crippen LogP contribution in [0.5, 0.6) is 17.2 Å². The minimum Gasteiger partial charge on any atom is -0.493 e. The van der Waals surface area contributed by atoms with Gasteiger partial charge in [-0.2, -0.15) is 26.3 Å². The number of nitrogen functional groups attached to an aromatic ring is 1. The van der Waals surface area contributed by atoms with Gasteiger partial charge in [0.1, 0.15) is 5.75 Å². The van der Waals surface area contributed by atoms with Crippen LogP contribution in [0.25, 0.3) is 0 Å². The van der Waals surface area contributed by atoms with Crippen molar-refractivity contribution in [2.24, 2.45) is 0 Å². The average Bonchev–Trinajstić information content (AvgIpc) is 2.33. The standard InChI is InChI=1S/C11H11F6NO3/c1-19-7-3-5(18)6(4-8(7)20-2)21-9(10(12,13)14)11(15,16)17/h3-4,9H,18H2,1-2H3. The summed E-state index contributed by atoms with van der Waals surface area (Å²) in [6.45, 7) is 0. The van der Waals surface area contributed by atoms with Crippen molar-refractivity contribution in [3.05, 3.63) is 12.1 Å². The number of halogens is 6. The lowest BCUT2D eigenvalue weighted by Crippen LogP contribution is -2.46. The van der Waals surface area contributed by atoms with E-state index in [1.165, 1.54) is 7.11 Å². The first kappa shape index (κ1) is 17.1. The minimum absolute atomic E-state index is 0.0397. The van der Waals surface area contributed by atoms with E-state index in [2.05, 4.69) is 4.74 Å². The molecule has 0 aliphatic carbocycles. The lowest BCUT2D eigenvalue weighted by Gasteiger charge is -2.24. The lowest BCUT2D eigenvalue weighted by atomic mass is 10.2. The van der Waals surface area contributed by atoms with E-state index in [1.54, 1.807) is 0 Å². The number of hydrogen-bond acceptors (Lipinski definition) is 4. The summed E-state index contributed by atoms with van der Waals surface area (Å²) in [7, 11) is 2.38. The number of methoxy groups -OCH3 is 2. The highest BCUT2D eigenvalue weighted by atomic mass is 19.4. The molecule has 10 heteroatoms. The second-order valence-corrected chi connectivity index (χ2v) is 3.83. The van der Waals surface area contributed by atoms with E-state index >= 15 is 0 Å². The summed E-state index contributed by atoms with van der Waals surface area (Å²) in [5.41, 5.74) is 4.91. The molecule has 0 unspecified atom stereocenters. The molecule has 0 amide bonds. The van der Waals surface area contributed by atoms with Crippen LogP contribution in [0.4, 0.5) is 32.0 Å². The van der Waals surface area contributed by atoms with E-state index in [-0.39, 0.29) is 11.5 Å². The summed E-state index contributed by atoms with van der Waals surface area (Å²) in [5, 5.41) is 0. The first-order valence-corrected chi connectivity index (χ1v) is 5.32. The Bertz CT molecular complexity index is 486. The summed E-state index contributed by atoms with van der Waals surface area (Å²) in [4.78, 5) is 0. The van der Waals surface area contributed by atoms with Crippen LogP contribution in [-0.2, 0) is 0 Å². The Morgan fingerprint density at radius 1 is 0.857 bits per heavy atom. The molecule has 0 bridgehead atoms. The fourth-order valence-electron chi connectivity index (χ4n) is 1.42. The highest BCUT2D eigenvalue weighted by Crippen LogP contribution is 2.41. The van der Waals surface area contributed by atoms with Crippen LogP contribution in [0.15, 0.2) is 12.1 Å². The molecule has 1 aromatic rings. The quantitative estimate of drug-likeness (QED) is 0.684. The van der Waals surface area contributed by atoms with Crippen molar-refractivity contribution in [3.63, 3.8) is 0 Å². The number of nitrogens with two attached hydrogens (primary N) is 1. The van der Waals surface area contributed by atoms with Gasteiger partial charge in [-0.15, -0.1) is 0 Å². The predicted molar refractivity (Wildman–Crippen MR) is 60.5 cm³/mol. The van der Waals surface area contributed by atoms with Crippen LogP contribution in [0.2, 0.25) is 0 Å². The smallest absolute Gasteiger partial charge is 0.434 e. The molecule has 0 radical (unpaired) electrons. The summed E-state index contributed by atoms with van der Waals surface area (Å²) in [6.07, 6.45) is -15.3. The van der Waals surface area contributed by atoms with Crippen molar-refractivity contribution in [1.29, 1.82) is 0 Å². The lowest BCUT2D eigenvalue weighted by molar-refractivity contribution is -0.299. The topological polar surface area (TPSA) is 53.7 Å². The Morgan fingerprint density at radius 2 is 1.29 bits per heavy atom. The van der Waals surface area contributed by atoms with Gasteiger partial charge in [-0.1, -0.05) is 0 Å². The third-order valence-electron chi connectivity index (χ3n) is 2.36. The molecule has 120 valence electrons. The molecule has 0 aliphatic rings. The van der Waals surface area contributed by atoms with Gasteiger partial charge >= 0.3 is 12.4 Å². The molecular formula is C11H11F6NO3. The molecule has 1 rings (SSSR count). The van der Waals surface area contributed by atoms with Gasteiger partial charge in [-0.05, 0) is 0 Å². The molecule has 0 atom stereocenters. The number of rotatable bonds is 4. The maximum atomic E-state index is 12.4. The van der Waals surface area contributed by atoms with E-state index < -0.39 is 29.9 Å². The first-order chi connectivity index (χ1) is 9.50. The number of anilines is 1. The van der Waals surface area contributed by atoms with Crippen LogP contribution < -0.4 is 19.9 Å². The molecule has 0 spiro atoms. The van der Waals surface area contributed by atoms with Gasteiger partial charge in [0, 0.05) is 12.1 Å². The van der Waals surface area contributed by atoms with E-state index in [1.807, 2.05) is 0 Å². The molecule has 0 aromatic heterocycles. The molecule has 0 heterocycles. The first-order valence-electron chi connectivity index (χ1n) is 5.32. The van der Waals surface area contributed by atoms with Crippen molar-refractivity contribution < 1.29 is 40.6 Å². The molecule has 0 saturated carbocycles. The van der Waals surface area contributed by atoms with Crippen LogP contribution in [0.3, 0.4) is 0 Å². The summed E-state index contributed by atoms with van der Waals surface area (Å²) in [5.74, 6) is -0.894. The van der Waals surface area contributed by atoms with Gasteiger partial charge in [0.2, 0.25) is 0 Å². The second kappa shape index (κ2) is 5.78. The molecule has 0 aliphatic heterocycles. The molecule has 2 N–H and O–H groups in total. The number of benzene rings is 1. The van der Waals surface area contributed by atoms with E-state index in [0.29, 0.717) is 0 Å². The highest BCUT2D eigenvalue weighted by Gasteiger charge is 2.59. The van der Waals surface area contributed by atoms with E-state index in [9.17, 15) is 26.3 Å². The molecule has 0 saturated heterocycles. The fraction of sp³-hybridized carbons (Fsp3) is 0.455. The van der Waals surface area contributed by atoms with Gasteiger partial charge in [-0.25, -0.2) is 0 Å². The normalized spacial score (nSPS) is 12.4. The van der Waals surface area contributed by atoms with Crippen molar-refractivity contribution in [2.75, 3.05) is 20.0 Å². The minimum atomic E-state index is -5.64. The molecule has 1 aromatic carbocycles. The van der Waals surface area contributed by atoms with Crippen molar-refractivity contribution >= 4 is 5.69 Å². The number of alkyl halides is 6. The Morgan fingerprint density at radius 3 is 1.67 bits per heavy atom. The van der Waals surface area contributed by atoms with E-state index in [4.69, 9.17) is 15.2 Å². The fourth-order valence-corrected chi connectivity index (χ4v) is 1.42. The summed E-state index contributed by atoms with van der Waals surface area (Å²) >= 11 is 0. The Kier molecular flexibility index (Phi) is 4.69. The van der Waals surface area contributed by atoms with Crippen molar-refractivity contribution in [3.8, 4) is 17.2 Å². The van der Waals surface area contributed by atoms with Gasteiger partial charge in [-0.3, -0.25) is 0 Å². The van der Waals surface area contributed by atoms with Crippen LogP contribution in [-0.4, -0.2) is 32.7 Å². The van der Waals surface area contributed by atoms with E-state index in [0.717, 1.165) is 19.2 Å². The molecular weight excluding hydrogens is 308 g/mol. The maximum absolute atomic E-state index is 12.4. The van der Waals surface area contributed by atoms with Gasteiger partial charge in [0.25, 0.3) is 6.10 Å². The summed E-state index contributed by atoms with van der Waals surface area (Å²) < 4.78 is 88.1. The zero-order valence-corrected chi connectivity index (χ0v) is 10.8. The highest BCUT2D eigenvalue weighted by molar-refractivity contribution is 5.62. The second-order valence-electron chi connectivity index (χ2n) is 3.83. The van der Waals surface area contributed by atoms with Crippen LogP contribution in [0.1, 0.15) is 0 Å². The predicted octanol–water partition coefficient (Wildman–Crippen LogP) is 3.16. The van der Waals surface area contributed by atoms with Crippen molar-refractivity contribution in [2.45, 2.75) is 18.5 Å². The van der Waals surface area contributed by atoms with Gasteiger partial charge in [0.05, 0.1) is 19.9 Å². The monoisotopic (exact) mass is 319 g/mol. The number of ether oxygens (including phenoxy) is 3. The maximum Gasteiger partial charge on any atom is 0.434 e. The zero-order valence-electron chi connectivity index (χ0n) is 10.8. The molecule has 21 heavy (non-hydrogen) atoms. The Balaban J connectivity index is 3.22. The van der Waals surface area contributed by atoms with Crippen molar-refractivity contribution in [1.82, 2.24) is 0 Å². The Labute approximate surface area is 115 Å². The molecule has 4 nitrogen and oxygen atoms in total. The average molecular weight is 319 g/mol. The molecule has 0 fully saturated rings. The summed E-state index contributed by atoms with van der Waals surface area (Å²) in [6, 6.07) is 1.79. The number of hydrogen-bond donors (Lipinski definition) is 1.